The normalized spacial score (nSPS) is 12.0. The Morgan fingerprint density at radius 3 is 2.50 bits per heavy atom. The molecule has 26 heavy (non-hydrogen) atoms. The molecule has 0 N–H and O–H groups in total. The number of fused-ring (bicyclic) bond motifs is 3. The molecule has 0 saturated carbocycles. The Kier molecular flexibility index (Phi) is 3.84. The maximum atomic E-state index is 13.0. The fourth-order valence-corrected chi connectivity index (χ4v) is 4.24. The van der Waals surface area contributed by atoms with E-state index in [1.54, 1.807) is 23.6 Å². The second-order valence-corrected chi connectivity index (χ2v) is 7.29. The third-order valence-electron chi connectivity index (χ3n) is 4.31. The van der Waals surface area contributed by atoms with Crippen LogP contribution in [0.5, 0.6) is 0 Å². The number of hydrogen-bond donors (Lipinski definition) is 0. The molecule has 0 aliphatic carbocycles. The second kappa shape index (κ2) is 5.95. The van der Waals surface area contributed by atoms with Crippen LogP contribution < -0.4 is 0 Å². The molecule has 0 spiro atoms. The maximum absolute atomic E-state index is 13.0. The van der Waals surface area contributed by atoms with Crippen molar-refractivity contribution in [1.29, 1.82) is 0 Å². The topological polar surface area (TPSA) is 12.9 Å². The Morgan fingerprint density at radius 1 is 1.00 bits per heavy atom. The van der Waals surface area contributed by atoms with E-state index in [0.29, 0.717) is 5.56 Å². The van der Waals surface area contributed by atoms with Gasteiger partial charge >= 0.3 is 6.18 Å². The molecular weight excluding hydrogens is 355 g/mol. The Bertz CT molecular complexity index is 1160. The van der Waals surface area contributed by atoms with Gasteiger partial charge in [-0.25, -0.2) is 0 Å². The zero-order valence-electron chi connectivity index (χ0n) is 13.9. The summed E-state index contributed by atoms with van der Waals surface area (Å²) in [7, 11) is 0. The van der Waals surface area contributed by atoms with Crippen molar-refractivity contribution >= 4 is 37.1 Å². The second-order valence-electron chi connectivity index (χ2n) is 6.20. The van der Waals surface area contributed by atoms with Crippen LogP contribution in [0, 0.1) is 0 Å². The first-order valence-electron chi connectivity index (χ1n) is 7.99. The average Bonchev–Trinajstić information content (AvgIpc) is 2.98. The first kappa shape index (κ1) is 16.8. The van der Waals surface area contributed by atoms with E-state index < -0.39 is 11.7 Å². The van der Waals surface area contributed by atoms with Gasteiger partial charge in [0.1, 0.15) is 0 Å². The van der Waals surface area contributed by atoms with Crippen LogP contribution in [0.2, 0.25) is 0 Å². The van der Waals surface area contributed by atoms with E-state index in [1.165, 1.54) is 12.1 Å². The van der Waals surface area contributed by atoms with Crippen LogP contribution in [0.15, 0.2) is 61.3 Å². The zero-order chi connectivity index (χ0) is 18.5. The van der Waals surface area contributed by atoms with Gasteiger partial charge in [0.15, 0.2) is 0 Å². The van der Waals surface area contributed by atoms with Gasteiger partial charge in [0.05, 0.1) is 11.3 Å². The summed E-state index contributed by atoms with van der Waals surface area (Å²) >= 11 is 1.61. The summed E-state index contributed by atoms with van der Waals surface area (Å²) in [5.74, 6) is 0. The average molecular weight is 369 g/mol. The largest absolute Gasteiger partial charge is 0.416 e. The Balaban J connectivity index is 1.91. The van der Waals surface area contributed by atoms with Crippen molar-refractivity contribution in [2.24, 2.45) is 0 Å². The number of halogens is 3. The lowest BCUT2D eigenvalue weighted by atomic mass is 10.0. The van der Waals surface area contributed by atoms with Crippen LogP contribution in [0.25, 0.3) is 36.9 Å². The predicted octanol–water partition coefficient (Wildman–Crippen LogP) is 7.17. The van der Waals surface area contributed by atoms with Gasteiger partial charge in [-0.15, -0.1) is 11.3 Å². The van der Waals surface area contributed by atoms with Gasteiger partial charge in [-0.05, 0) is 47.9 Å². The van der Waals surface area contributed by atoms with E-state index in [4.69, 9.17) is 0 Å². The number of allylic oxidation sites excluding steroid dienone is 1. The van der Waals surface area contributed by atoms with Crippen LogP contribution in [0.3, 0.4) is 0 Å². The van der Waals surface area contributed by atoms with E-state index in [9.17, 15) is 13.2 Å². The molecule has 0 atom stereocenters. The van der Waals surface area contributed by atoms with Gasteiger partial charge in [-0.3, -0.25) is 4.98 Å². The summed E-state index contributed by atoms with van der Waals surface area (Å²) in [6, 6.07) is 13.1. The third kappa shape index (κ3) is 2.78. The van der Waals surface area contributed by atoms with Crippen LogP contribution in [-0.4, -0.2) is 4.98 Å². The van der Waals surface area contributed by atoms with E-state index in [-0.39, 0.29) is 0 Å². The summed E-state index contributed by atoms with van der Waals surface area (Å²) < 4.78 is 41.1. The third-order valence-corrected chi connectivity index (χ3v) is 5.43. The molecule has 0 aliphatic rings. The van der Waals surface area contributed by atoms with E-state index in [2.05, 4.69) is 11.6 Å². The molecule has 0 saturated heterocycles. The minimum absolute atomic E-state index is 0.553. The molecule has 4 rings (SSSR count). The number of pyridine rings is 1. The molecule has 2 heterocycles. The lowest BCUT2D eigenvalue weighted by molar-refractivity contribution is -0.137. The smallest absolute Gasteiger partial charge is 0.256 e. The van der Waals surface area contributed by atoms with Gasteiger partial charge in [-0.2, -0.15) is 13.2 Å². The molecule has 0 aliphatic heterocycles. The summed E-state index contributed by atoms with van der Waals surface area (Å²) in [6.45, 7) is 5.91. The summed E-state index contributed by atoms with van der Waals surface area (Å²) in [6.07, 6.45) is -2.59. The van der Waals surface area contributed by atoms with Gasteiger partial charge in [0.25, 0.3) is 0 Å². The highest BCUT2D eigenvalue weighted by molar-refractivity contribution is 7.25. The summed E-state index contributed by atoms with van der Waals surface area (Å²) in [5, 5.41) is 2.10. The Labute approximate surface area is 152 Å². The lowest BCUT2D eigenvalue weighted by Gasteiger charge is -2.09. The molecule has 0 bridgehead atoms. The number of benzene rings is 2. The molecule has 0 fully saturated rings. The number of nitrogens with zero attached hydrogens (tertiary/aromatic N) is 1. The standard InChI is InChI=1S/C21H14F3NS/c1-12(2)20-19-16-7-6-14(11-18(16)26-17(19)8-9-25-20)13-4-3-5-15(10-13)21(22,23)24/h3-11H,1H2,2H3. The van der Waals surface area contributed by atoms with E-state index >= 15 is 0 Å². The van der Waals surface area contributed by atoms with Gasteiger partial charge in [-0.1, -0.05) is 30.8 Å². The maximum Gasteiger partial charge on any atom is 0.416 e. The molecule has 1 nitrogen and oxygen atoms in total. The van der Waals surface area contributed by atoms with Crippen molar-refractivity contribution in [2.75, 3.05) is 0 Å². The van der Waals surface area contributed by atoms with E-state index in [0.717, 1.165) is 43.1 Å². The molecular formula is C21H14F3NS. The first-order valence-corrected chi connectivity index (χ1v) is 8.81. The molecule has 2 aromatic carbocycles. The van der Waals surface area contributed by atoms with Crippen LogP contribution >= 0.6 is 11.3 Å². The number of thiophene rings is 1. The Hall–Kier alpha value is -2.66. The van der Waals surface area contributed by atoms with Crippen LogP contribution in [0.4, 0.5) is 13.2 Å². The fraction of sp³-hybridized carbons (Fsp3) is 0.0952. The highest BCUT2D eigenvalue weighted by Crippen LogP contribution is 2.39. The van der Waals surface area contributed by atoms with Crippen molar-refractivity contribution < 1.29 is 13.2 Å². The van der Waals surface area contributed by atoms with Crippen molar-refractivity contribution in [3.8, 4) is 11.1 Å². The van der Waals surface area contributed by atoms with Crippen molar-refractivity contribution in [3.05, 3.63) is 72.6 Å². The SMILES string of the molecule is C=C(C)c1nccc2sc3cc(-c4cccc(C(F)(F)F)c4)ccc3c12. The van der Waals surface area contributed by atoms with Gasteiger partial charge in [0.2, 0.25) is 0 Å². The van der Waals surface area contributed by atoms with Crippen LogP contribution in [-0.2, 0) is 6.18 Å². The summed E-state index contributed by atoms with van der Waals surface area (Å²) in [4.78, 5) is 4.43. The molecule has 2 aromatic heterocycles. The first-order chi connectivity index (χ1) is 12.3. The van der Waals surface area contributed by atoms with Crippen molar-refractivity contribution in [3.63, 3.8) is 0 Å². The van der Waals surface area contributed by atoms with E-state index in [1.807, 2.05) is 31.2 Å². The number of aromatic nitrogens is 1. The number of hydrogen-bond acceptors (Lipinski definition) is 2. The number of rotatable bonds is 2. The molecule has 0 amide bonds. The zero-order valence-corrected chi connectivity index (χ0v) is 14.7. The quantitative estimate of drug-likeness (QED) is 0.365. The molecule has 0 radical (unpaired) electrons. The molecule has 4 aromatic rings. The number of alkyl halides is 3. The minimum Gasteiger partial charge on any atom is -0.256 e. The highest BCUT2D eigenvalue weighted by atomic mass is 32.1. The minimum atomic E-state index is -4.35. The monoisotopic (exact) mass is 369 g/mol. The molecule has 0 unspecified atom stereocenters. The molecule has 130 valence electrons. The highest BCUT2D eigenvalue weighted by Gasteiger charge is 2.30. The fourth-order valence-electron chi connectivity index (χ4n) is 3.10. The predicted molar refractivity (Wildman–Crippen MR) is 102 cm³/mol. The van der Waals surface area contributed by atoms with Crippen molar-refractivity contribution in [2.45, 2.75) is 13.1 Å². The lowest BCUT2D eigenvalue weighted by Crippen LogP contribution is -2.04. The van der Waals surface area contributed by atoms with Crippen LogP contribution in [0.1, 0.15) is 18.2 Å². The van der Waals surface area contributed by atoms with Crippen molar-refractivity contribution in [1.82, 2.24) is 4.98 Å². The van der Waals surface area contributed by atoms with Gasteiger partial charge in [0, 0.05) is 26.4 Å². The van der Waals surface area contributed by atoms with Gasteiger partial charge < -0.3 is 0 Å². The summed E-state index contributed by atoms with van der Waals surface area (Å²) in [5.41, 5.74) is 2.43. The molecule has 5 heteroatoms. The Morgan fingerprint density at radius 2 is 1.77 bits per heavy atom.